The third kappa shape index (κ3) is 4.34. The molecule has 0 saturated heterocycles. The lowest BCUT2D eigenvalue weighted by Gasteiger charge is -2.10. The maximum atomic E-state index is 7.30. The molecule has 8 N–H and O–H groups in total. The Balaban J connectivity index is 2.09. The molecule has 23 heavy (non-hydrogen) atoms. The van der Waals surface area contributed by atoms with Crippen molar-refractivity contribution in [3.63, 3.8) is 0 Å². The number of guanidine groups is 1. The summed E-state index contributed by atoms with van der Waals surface area (Å²) in [5, 5.41) is 10.3. The van der Waals surface area contributed by atoms with Gasteiger partial charge in [-0.1, -0.05) is 36.4 Å². The van der Waals surface area contributed by atoms with Gasteiger partial charge < -0.3 is 27.9 Å². The average Bonchev–Trinajstić information content (AvgIpc) is 2.57. The number of nitrogens with zero attached hydrogens (tertiary/aromatic N) is 1. The van der Waals surface area contributed by atoms with Crippen LogP contribution in [0.25, 0.3) is 5.57 Å². The number of rotatable bonds is 5. The van der Waals surface area contributed by atoms with Crippen LogP contribution in [0.2, 0.25) is 0 Å². The average molecular weight is 308 g/mol. The molecule has 0 bridgehead atoms. The number of anilines is 2. The number of aliphatic imine (C=N–C) groups is 1. The molecule has 0 radical (unpaired) electrons. The van der Waals surface area contributed by atoms with E-state index in [9.17, 15) is 0 Å². The minimum atomic E-state index is 0.287. The van der Waals surface area contributed by atoms with E-state index >= 15 is 0 Å². The molecule has 2 aromatic carbocycles. The first-order chi connectivity index (χ1) is 11.1. The summed E-state index contributed by atoms with van der Waals surface area (Å²) in [6, 6.07) is 15.2. The van der Waals surface area contributed by atoms with Crippen molar-refractivity contribution in [2.45, 2.75) is 6.54 Å². The Morgan fingerprint density at radius 1 is 1.17 bits per heavy atom. The Bertz CT molecular complexity index is 734. The van der Waals surface area contributed by atoms with E-state index in [0.29, 0.717) is 23.5 Å². The monoisotopic (exact) mass is 308 g/mol. The Kier molecular flexibility index (Phi) is 5.35. The van der Waals surface area contributed by atoms with Gasteiger partial charge in [0.25, 0.3) is 0 Å². The molecule has 6 nitrogen and oxygen atoms in total. The second-order valence-electron chi connectivity index (χ2n) is 4.88. The zero-order chi connectivity index (χ0) is 16.7. The number of hydrogen-bond donors (Lipinski definition) is 5. The van der Waals surface area contributed by atoms with Crippen molar-refractivity contribution in [2.24, 2.45) is 16.5 Å². The molecule has 0 saturated carbocycles. The van der Waals surface area contributed by atoms with Crippen LogP contribution in [0.15, 0.2) is 59.7 Å². The van der Waals surface area contributed by atoms with E-state index in [2.05, 4.69) is 10.3 Å². The van der Waals surface area contributed by atoms with E-state index in [-0.39, 0.29) is 5.96 Å². The van der Waals surface area contributed by atoms with E-state index < -0.39 is 0 Å². The molecular weight excluding hydrogens is 288 g/mol. The molecule has 0 aromatic heterocycles. The highest BCUT2D eigenvalue weighted by atomic mass is 15.1. The van der Waals surface area contributed by atoms with E-state index in [0.717, 1.165) is 11.1 Å². The molecule has 6 heteroatoms. The first kappa shape index (κ1) is 16.1. The van der Waals surface area contributed by atoms with Crippen LogP contribution in [0.1, 0.15) is 11.1 Å². The van der Waals surface area contributed by atoms with E-state index in [1.165, 1.54) is 12.4 Å². The summed E-state index contributed by atoms with van der Waals surface area (Å²) >= 11 is 0. The van der Waals surface area contributed by atoms with Gasteiger partial charge in [0.1, 0.15) is 0 Å². The minimum Gasteiger partial charge on any atom is -0.404 e. The summed E-state index contributed by atoms with van der Waals surface area (Å²) in [6.07, 6.45) is 2.54. The van der Waals surface area contributed by atoms with Gasteiger partial charge in [0, 0.05) is 18.0 Å². The highest BCUT2D eigenvalue weighted by Crippen LogP contribution is 2.23. The molecule has 2 rings (SSSR count). The normalized spacial score (nSPS) is 12.0. The zero-order valence-corrected chi connectivity index (χ0v) is 12.7. The molecule has 0 fully saturated rings. The molecule has 0 atom stereocenters. The van der Waals surface area contributed by atoms with Crippen molar-refractivity contribution in [3.8, 4) is 0 Å². The minimum absolute atomic E-state index is 0.287. The number of nitrogen functional groups attached to an aromatic ring is 1. The summed E-state index contributed by atoms with van der Waals surface area (Å²) in [5.41, 5.74) is 21.0. The predicted molar refractivity (Wildman–Crippen MR) is 97.2 cm³/mol. The SMILES string of the molecule is N=CC(=CN)c1ccc(NC(N)=NCc2ccccc2)c(N)c1. The first-order valence-electron chi connectivity index (χ1n) is 7.07. The Labute approximate surface area is 135 Å². The largest absolute Gasteiger partial charge is 0.404 e. The topological polar surface area (TPSA) is 126 Å². The van der Waals surface area contributed by atoms with Crippen molar-refractivity contribution in [1.29, 1.82) is 5.41 Å². The van der Waals surface area contributed by atoms with Gasteiger partial charge in [-0.2, -0.15) is 0 Å². The van der Waals surface area contributed by atoms with Crippen LogP contribution in [-0.4, -0.2) is 12.2 Å². The zero-order valence-electron chi connectivity index (χ0n) is 12.7. The molecule has 0 heterocycles. The molecule has 118 valence electrons. The number of nitrogens with one attached hydrogen (secondary N) is 2. The molecule has 0 aliphatic rings. The Morgan fingerprint density at radius 3 is 2.52 bits per heavy atom. The van der Waals surface area contributed by atoms with Crippen LogP contribution in [0.3, 0.4) is 0 Å². The fourth-order valence-corrected chi connectivity index (χ4v) is 2.02. The fraction of sp³-hybridized carbons (Fsp3) is 0.0588. The lowest BCUT2D eigenvalue weighted by Crippen LogP contribution is -2.23. The summed E-state index contributed by atoms with van der Waals surface area (Å²) in [6.45, 7) is 0.492. The number of benzene rings is 2. The van der Waals surface area contributed by atoms with Crippen molar-refractivity contribution in [3.05, 3.63) is 65.9 Å². The van der Waals surface area contributed by atoms with Gasteiger partial charge in [0.2, 0.25) is 0 Å². The second kappa shape index (κ2) is 7.65. The smallest absolute Gasteiger partial charge is 0.193 e. The maximum Gasteiger partial charge on any atom is 0.193 e. The van der Waals surface area contributed by atoms with Crippen LogP contribution < -0.4 is 22.5 Å². The third-order valence-corrected chi connectivity index (χ3v) is 3.26. The van der Waals surface area contributed by atoms with Gasteiger partial charge in [-0.15, -0.1) is 0 Å². The van der Waals surface area contributed by atoms with Gasteiger partial charge in [-0.25, -0.2) is 4.99 Å². The molecule has 0 aliphatic carbocycles. The number of allylic oxidation sites excluding steroid dienone is 1. The van der Waals surface area contributed by atoms with Gasteiger partial charge in [0.05, 0.1) is 17.9 Å². The van der Waals surface area contributed by atoms with Crippen molar-refractivity contribution in [1.82, 2.24) is 0 Å². The van der Waals surface area contributed by atoms with Crippen molar-refractivity contribution >= 4 is 29.1 Å². The summed E-state index contributed by atoms with van der Waals surface area (Å²) < 4.78 is 0. The van der Waals surface area contributed by atoms with Crippen molar-refractivity contribution < 1.29 is 0 Å². The van der Waals surface area contributed by atoms with Crippen LogP contribution >= 0.6 is 0 Å². The molecular formula is C17H20N6. The van der Waals surface area contributed by atoms with Gasteiger partial charge >= 0.3 is 0 Å². The van der Waals surface area contributed by atoms with Crippen LogP contribution in [0.5, 0.6) is 0 Å². The van der Waals surface area contributed by atoms with Gasteiger partial charge in [-0.05, 0) is 23.3 Å². The fourth-order valence-electron chi connectivity index (χ4n) is 2.02. The maximum absolute atomic E-state index is 7.30. The number of nitrogens with two attached hydrogens (primary N) is 3. The molecule has 0 unspecified atom stereocenters. The quantitative estimate of drug-likeness (QED) is 0.329. The third-order valence-electron chi connectivity index (χ3n) is 3.26. The van der Waals surface area contributed by atoms with Gasteiger partial charge in [-0.3, -0.25) is 0 Å². The standard InChI is InChI=1S/C17H20N6/c18-9-14(10-19)13-6-7-16(15(20)8-13)23-17(21)22-11-12-4-2-1-3-5-12/h1-10,18H,11,19-20H2,(H3,21,22,23). The molecule has 0 aliphatic heterocycles. The Morgan fingerprint density at radius 2 is 1.91 bits per heavy atom. The lowest BCUT2D eigenvalue weighted by atomic mass is 10.1. The second-order valence-corrected chi connectivity index (χ2v) is 4.88. The summed E-state index contributed by atoms with van der Waals surface area (Å²) in [4.78, 5) is 4.28. The highest BCUT2D eigenvalue weighted by molar-refractivity contribution is 6.08. The molecule has 2 aromatic rings. The lowest BCUT2D eigenvalue weighted by molar-refractivity contribution is 1.06. The summed E-state index contributed by atoms with van der Waals surface area (Å²) in [7, 11) is 0. The van der Waals surface area contributed by atoms with Gasteiger partial charge in [0.15, 0.2) is 5.96 Å². The molecule has 0 amide bonds. The summed E-state index contributed by atoms with van der Waals surface area (Å²) in [5.74, 6) is 0.287. The molecule has 0 spiro atoms. The van der Waals surface area contributed by atoms with E-state index in [4.69, 9.17) is 22.6 Å². The van der Waals surface area contributed by atoms with Crippen LogP contribution in [0, 0.1) is 5.41 Å². The van der Waals surface area contributed by atoms with Crippen molar-refractivity contribution in [2.75, 3.05) is 11.1 Å². The Hall–Kier alpha value is -3.28. The van der Waals surface area contributed by atoms with Crippen LogP contribution in [0.4, 0.5) is 11.4 Å². The van der Waals surface area contributed by atoms with E-state index in [1.54, 1.807) is 12.1 Å². The first-order valence-corrected chi connectivity index (χ1v) is 7.07. The highest BCUT2D eigenvalue weighted by Gasteiger charge is 2.04. The van der Waals surface area contributed by atoms with E-state index in [1.807, 2.05) is 36.4 Å². The van der Waals surface area contributed by atoms with Crippen LogP contribution in [-0.2, 0) is 6.54 Å². The number of hydrogen-bond acceptors (Lipinski definition) is 4. The predicted octanol–water partition coefficient (Wildman–Crippen LogP) is 2.14.